The highest BCUT2D eigenvalue weighted by molar-refractivity contribution is 6.43. The summed E-state index contributed by atoms with van der Waals surface area (Å²) in [6.45, 7) is 6.55. The molecule has 24 heavy (non-hydrogen) atoms. The summed E-state index contributed by atoms with van der Waals surface area (Å²) >= 11 is 0. The average molecular weight is 326 g/mol. The normalized spacial score (nSPS) is 21.8. The summed E-state index contributed by atoms with van der Waals surface area (Å²) in [6.07, 6.45) is 5.39. The number of carbonyl (C=O) groups is 1. The molecule has 0 aromatic heterocycles. The first-order valence-corrected chi connectivity index (χ1v) is 8.77. The van der Waals surface area contributed by atoms with Crippen LogP contribution in [0.2, 0.25) is 0 Å². The van der Waals surface area contributed by atoms with Crippen LogP contribution in [0.1, 0.15) is 58.4 Å². The molecule has 0 N–H and O–H groups in total. The lowest BCUT2D eigenvalue weighted by Gasteiger charge is -2.36. The van der Waals surface area contributed by atoms with E-state index >= 15 is 0 Å². The third kappa shape index (κ3) is 3.28. The van der Waals surface area contributed by atoms with Crippen LogP contribution in [0, 0.1) is 5.41 Å². The fraction of sp³-hybridized carbons (Fsp3) is 0.550. The molecule has 1 aromatic carbocycles. The van der Waals surface area contributed by atoms with Gasteiger partial charge in [-0.15, -0.1) is 0 Å². The molecule has 4 heteroatoms. The number of carbonyl (C=O) groups excluding carboxylic acids is 1. The molecule has 1 aromatic rings. The predicted octanol–water partition coefficient (Wildman–Crippen LogP) is 4.97. The van der Waals surface area contributed by atoms with E-state index in [1.807, 2.05) is 37.3 Å². The second kappa shape index (κ2) is 6.50. The van der Waals surface area contributed by atoms with Crippen molar-refractivity contribution in [3.05, 3.63) is 35.9 Å². The maximum absolute atomic E-state index is 12.0. The first-order valence-electron chi connectivity index (χ1n) is 8.77. The molecule has 0 bridgehead atoms. The zero-order valence-corrected chi connectivity index (χ0v) is 14.8. The lowest BCUT2D eigenvalue weighted by molar-refractivity contribution is 0.151. The Morgan fingerprint density at radius 2 is 1.88 bits per heavy atom. The largest absolute Gasteiger partial charge is 0.443 e. The molecule has 0 atom stereocenters. The number of nitrogens with zero attached hydrogens (tertiary/aromatic N) is 2. The van der Waals surface area contributed by atoms with Crippen molar-refractivity contribution in [3.63, 3.8) is 0 Å². The summed E-state index contributed by atoms with van der Waals surface area (Å²) in [7, 11) is 0. The standard InChI is InChI=1S/C20H26N2O2/c1-15(21-18(23)24-14-16-9-5-4-6-10-16)17-13-20(11-7-8-12-20)19(2,3)22-17/h4-6,9-10H,7-8,11-14H2,1-3H3/b21-15+. The minimum Gasteiger partial charge on any atom is -0.443 e. The number of rotatable bonds is 3. The highest BCUT2D eigenvalue weighted by Crippen LogP contribution is 2.54. The van der Waals surface area contributed by atoms with Crippen LogP contribution in [0.5, 0.6) is 0 Å². The number of aliphatic imine (C=N–C) groups is 2. The highest BCUT2D eigenvalue weighted by Gasteiger charge is 2.51. The summed E-state index contributed by atoms with van der Waals surface area (Å²) in [5.74, 6) is 0. The zero-order chi connectivity index (χ0) is 17.2. The van der Waals surface area contributed by atoms with Crippen LogP contribution in [0.25, 0.3) is 0 Å². The van der Waals surface area contributed by atoms with Crippen LogP contribution in [-0.4, -0.2) is 23.1 Å². The summed E-state index contributed by atoms with van der Waals surface area (Å²) in [4.78, 5) is 21.0. The molecule has 1 heterocycles. The Balaban J connectivity index is 1.64. The zero-order valence-electron chi connectivity index (χ0n) is 14.8. The number of ether oxygens (including phenoxy) is 1. The fourth-order valence-corrected chi connectivity index (χ4v) is 4.03. The molecule has 1 saturated carbocycles. The molecule has 0 saturated heterocycles. The van der Waals surface area contributed by atoms with E-state index in [2.05, 4.69) is 18.8 Å². The van der Waals surface area contributed by atoms with E-state index in [1.165, 1.54) is 25.7 Å². The van der Waals surface area contributed by atoms with Gasteiger partial charge in [0.2, 0.25) is 0 Å². The van der Waals surface area contributed by atoms with E-state index in [1.54, 1.807) is 0 Å². The highest BCUT2D eigenvalue weighted by atomic mass is 16.5. The number of hydrogen-bond donors (Lipinski definition) is 0. The summed E-state index contributed by atoms with van der Waals surface area (Å²) in [5.41, 5.74) is 2.82. The monoisotopic (exact) mass is 326 g/mol. The summed E-state index contributed by atoms with van der Waals surface area (Å²) in [5, 5.41) is 0. The van der Waals surface area contributed by atoms with E-state index in [9.17, 15) is 4.79 Å². The van der Waals surface area contributed by atoms with E-state index in [4.69, 9.17) is 9.73 Å². The average Bonchev–Trinajstić information content (AvgIpc) is 3.13. The summed E-state index contributed by atoms with van der Waals surface area (Å²) in [6, 6.07) is 9.64. The molecule has 0 radical (unpaired) electrons. The maximum Gasteiger partial charge on any atom is 0.434 e. The predicted molar refractivity (Wildman–Crippen MR) is 96.8 cm³/mol. The lowest BCUT2D eigenvalue weighted by Crippen LogP contribution is -2.36. The second-order valence-corrected chi connectivity index (χ2v) is 7.52. The van der Waals surface area contributed by atoms with Crippen LogP contribution in [0.3, 0.4) is 0 Å². The Kier molecular flexibility index (Phi) is 4.57. The minimum atomic E-state index is -0.538. The number of hydrogen-bond acceptors (Lipinski definition) is 3. The lowest BCUT2D eigenvalue weighted by atomic mass is 9.70. The van der Waals surface area contributed by atoms with Crippen molar-refractivity contribution >= 4 is 17.5 Å². The Bertz CT molecular complexity index is 668. The molecule has 1 fully saturated rings. The SMILES string of the molecule is C/C(=N\C(=O)OCc1ccccc1)C1=NC(C)(C)C2(CCCC2)C1. The molecular weight excluding hydrogens is 300 g/mol. The second-order valence-electron chi connectivity index (χ2n) is 7.52. The van der Waals surface area contributed by atoms with Crippen molar-refractivity contribution in [1.82, 2.24) is 0 Å². The third-order valence-electron chi connectivity index (χ3n) is 5.66. The van der Waals surface area contributed by atoms with E-state index in [-0.39, 0.29) is 17.6 Å². The Labute approximate surface area is 144 Å². The Morgan fingerprint density at radius 3 is 2.54 bits per heavy atom. The molecule has 2 aliphatic rings. The molecule has 3 rings (SSSR count). The quantitative estimate of drug-likeness (QED) is 0.736. The summed E-state index contributed by atoms with van der Waals surface area (Å²) < 4.78 is 5.25. The first-order chi connectivity index (χ1) is 11.4. The van der Waals surface area contributed by atoms with Crippen molar-refractivity contribution in [3.8, 4) is 0 Å². The van der Waals surface area contributed by atoms with E-state index < -0.39 is 6.09 Å². The Morgan fingerprint density at radius 1 is 1.21 bits per heavy atom. The van der Waals surface area contributed by atoms with Gasteiger partial charge in [0.05, 0.1) is 17.0 Å². The molecule has 1 aliphatic heterocycles. The van der Waals surface area contributed by atoms with Gasteiger partial charge in [-0.2, -0.15) is 4.99 Å². The fourth-order valence-electron chi connectivity index (χ4n) is 4.03. The van der Waals surface area contributed by atoms with Gasteiger partial charge in [-0.05, 0) is 45.6 Å². The topological polar surface area (TPSA) is 51.0 Å². The van der Waals surface area contributed by atoms with Crippen molar-refractivity contribution in [2.24, 2.45) is 15.4 Å². The first kappa shape index (κ1) is 16.9. The van der Waals surface area contributed by atoms with Gasteiger partial charge in [-0.3, -0.25) is 4.99 Å². The van der Waals surface area contributed by atoms with Gasteiger partial charge < -0.3 is 4.74 Å². The van der Waals surface area contributed by atoms with Crippen LogP contribution in [-0.2, 0) is 11.3 Å². The van der Waals surface area contributed by atoms with E-state index in [0.717, 1.165) is 17.7 Å². The van der Waals surface area contributed by atoms with Crippen LogP contribution in [0.4, 0.5) is 4.79 Å². The van der Waals surface area contributed by atoms with Gasteiger partial charge in [0.15, 0.2) is 0 Å². The smallest absolute Gasteiger partial charge is 0.434 e. The molecule has 4 nitrogen and oxygen atoms in total. The molecule has 1 spiro atoms. The van der Waals surface area contributed by atoms with Crippen LogP contribution < -0.4 is 0 Å². The molecule has 128 valence electrons. The molecule has 1 aliphatic carbocycles. The van der Waals surface area contributed by atoms with Gasteiger partial charge in [0, 0.05) is 5.41 Å². The van der Waals surface area contributed by atoms with E-state index in [0.29, 0.717) is 5.71 Å². The van der Waals surface area contributed by atoms with Gasteiger partial charge in [-0.25, -0.2) is 4.79 Å². The molecular formula is C20H26N2O2. The molecule has 0 unspecified atom stereocenters. The van der Waals surface area contributed by atoms with Gasteiger partial charge in [0.25, 0.3) is 0 Å². The van der Waals surface area contributed by atoms with Crippen molar-refractivity contribution in [2.75, 3.05) is 0 Å². The van der Waals surface area contributed by atoms with Crippen molar-refractivity contribution < 1.29 is 9.53 Å². The van der Waals surface area contributed by atoms with Gasteiger partial charge in [0.1, 0.15) is 6.61 Å². The van der Waals surface area contributed by atoms with Gasteiger partial charge >= 0.3 is 6.09 Å². The number of benzene rings is 1. The van der Waals surface area contributed by atoms with Crippen LogP contribution >= 0.6 is 0 Å². The van der Waals surface area contributed by atoms with Crippen LogP contribution in [0.15, 0.2) is 40.3 Å². The Hall–Kier alpha value is -1.97. The molecule has 1 amide bonds. The maximum atomic E-state index is 12.0. The minimum absolute atomic E-state index is 0.0659. The van der Waals surface area contributed by atoms with Gasteiger partial charge in [-0.1, -0.05) is 43.2 Å². The third-order valence-corrected chi connectivity index (χ3v) is 5.66. The number of amides is 1. The van der Waals surface area contributed by atoms with Crippen molar-refractivity contribution in [1.29, 1.82) is 0 Å². The van der Waals surface area contributed by atoms with Crippen molar-refractivity contribution in [2.45, 2.75) is 65.0 Å².